The molecule has 0 saturated heterocycles. The van der Waals surface area contributed by atoms with Gasteiger partial charge in [-0.2, -0.15) is 11.8 Å². The molecule has 12 heteroatoms. The van der Waals surface area contributed by atoms with Crippen LogP contribution < -0.4 is 21.7 Å². The number of amides is 3. The molecule has 0 heterocycles. The smallest absolute Gasteiger partial charge is 0.326 e. The standard InChI is InChI=1S/C24H36N4O7S/c1-14(2)11-19(24(34)35)28-22(32)17(9-10-36-3)26-23(33)18(12-15-7-5-4-6-8-15)27-21(31)16(25)13-20(29)30/h4-8,14,16-19H,9-13,25H2,1-3H3,(H,26,33)(H,27,31)(H,28,32)(H,29,30)(H,34,35). The van der Waals surface area contributed by atoms with E-state index in [0.29, 0.717) is 5.75 Å². The van der Waals surface area contributed by atoms with E-state index >= 15 is 0 Å². The van der Waals surface area contributed by atoms with Crippen molar-refractivity contribution in [2.45, 2.75) is 63.7 Å². The average molecular weight is 525 g/mol. The van der Waals surface area contributed by atoms with Crippen molar-refractivity contribution < 1.29 is 34.2 Å². The summed E-state index contributed by atoms with van der Waals surface area (Å²) in [5.41, 5.74) is 6.37. The molecular weight excluding hydrogens is 488 g/mol. The first-order chi connectivity index (χ1) is 16.9. The van der Waals surface area contributed by atoms with E-state index in [1.165, 1.54) is 11.8 Å². The molecule has 1 aromatic rings. The zero-order chi connectivity index (χ0) is 27.3. The molecule has 11 nitrogen and oxygen atoms in total. The summed E-state index contributed by atoms with van der Waals surface area (Å²) in [5, 5.41) is 26.0. The fourth-order valence-electron chi connectivity index (χ4n) is 3.36. The molecule has 1 rings (SSSR count). The van der Waals surface area contributed by atoms with Crippen LogP contribution in [0.3, 0.4) is 0 Å². The predicted molar refractivity (Wildman–Crippen MR) is 136 cm³/mol. The van der Waals surface area contributed by atoms with Crippen molar-refractivity contribution in [3.8, 4) is 0 Å². The van der Waals surface area contributed by atoms with Gasteiger partial charge in [0.15, 0.2) is 0 Å². The van der Waals surface area contributed by atoms with Crippen LogP contribution in [0.5, 0.6) is 0 Å². The lowest BCUT2D eigenvalue weighted by Crippen LogP contribution is -2.58. The van der Waals surface area contributed by atoms with E-state index in [4.69, 9.17) is 10.8 Å². The Kier molecular flexibility index (Phi) is 13.6. The number of benzene rings is 1. The summed E-state index contributed by atoms with van der Waals surface area (Å²) in [4.78, 5) is 61.1. The number of hydrogen-bond donors (Lipinski definition) is 6. The fourth-order valence-corrected chi connectivity index (χ4v) is 3.83. The van der Waals surface area contributed by atoms with E-state index < -0.39 is 60.2 Å². The molecule has 0 aliphatic carbocycles. The Hall–Kier alpha value is -3.12. The molecule has 4 atom stereocenters. The molecule has 4 unspecified atom stereocenters. The number of thioether (sulfide) groups is 1. The highest BCUT2D eigenvalue weighted by atomic mass is 32.2. The number of nitrogens with one attached hydrogen (secondary N) is 3. The second kappa shape index (κ2) is 15.8. The molecule has 1 aromatic carbocycles. The maximum Gasteiger partial charge on any atom is 0.326 e. The number of nitrogens with two attached hydrogens (primary N) is 1. The third-order valence-corrected chi connectivity index (χ3v) is 5.86. The number of carboxylic acids is 2. The molecule has 36 heavy (non-hydrogen) atoms. The zero-order valence-corrected chi connectivity index (χ0v) is 21.5. The van der Waals surface area contributed by atoms with Crippen LogP contribution in [-0.2, 0) is 30.4 Å². The minimum atomic E-state index is -1.36. The Bertz CT molecular complexity index is 898. The Morgan fingerprint density at radius 1 is 0.889 bits per heavy atom. The molecule has 0 aliphatic rings. The molecule has 0 saturated carbocycles. The molecule has 200 valence electrons. The van der Waals surface area contributed by atoms with Gasteiger partial charge in [-0.05, 0) is 36.3 Å². The van der Waals surface area contributed by atoms with Crippen LogP contribution >= 0.6 is 11.8 Å². The summed E-state index contributed by atoms with van der Waals surface area (Å²) >= 11 is 1.45. The molecule has 0 spiro atoms. The summed E-state index contributed by atoms with van der Waals surface area (Å²) in [7, 11) is 0. The van der Waals surface area contributed by atoms with Crippen LogP contribution in [0.1, 0.15) is 38.7 Å². The van der Waals surface area contributed by atoms with Crippen LogP contribution in [0, 0.1) is 5.92 Å². The van der Waals surface area contributed by atoms with Crippen LogP contribution in [0.25, 0.3) is 0 Å². The number of aliphatic carboxylic acids is 2. The van der Waals surface area contributed by atoms with Crippen molar-refractivity contribution in [2.24, 2.45) is 11.7 Å². The van der Waals surface area contributed by atoms with Crippen LogP contribution in [0.2, 0.25) is 0 Å². The molecule has 0 aromatic heterocycles. The van der Waals surface area contributed by atoms with Gasteiger partial charge in [0.1, 0.15) is 18.1 Å². The van der Waals surface area contributed by atoms with Gasteiger partial charge in [0, 0.05) is 6.42 Å². The van der Waals surface area contributed by atoms with Gasteiger partial charge >= 0.3 is 11.9 Å². The predicted octanol–water partition coefficient (Wildman–Crippen LogP) is 0.369. The minimum absolute atomic E-state index is 0.0196. The second-order valence-corrected chi connectivity index (χ2v) is 9.81. The van der Waals surface area contributed by atoms with Crippen LogP contribution in [-0.4, -0.2) is 76.0 Å². The highest BCUT2D eigenvalue weighted by Crippen LogP contribution is 2.09. The quantitative estimate of drug-likeness (QED) is 0.177. The minimum Gasteiger partial charge on any atom is -0.481 e. The van der Waals surface area contributed by atoms with Crippen LogP contribution in [0.4, 0.5) is 0 Å². The second-order valence-electron chi connectivity index (χ2n) is 8.83. The van der Waals surface area contributed by atoms with Crippen LogP contribution in [0.15, 0.2) is 30.3 Å². The monoisotopic (exact) mass is 524 g/mol. The summed E-state index contributed by atoms with van der Waals surface area (Å²) in [6.07, 6.45) is 1.74. The van der Waals surface area contributed by atoms with E-state index in [1.807, 2.05) is 20.1 Å². The number of carbonyl (C=O) groups is 5. The number of carboxylic acid groups (broad SMARTS) is 2. The Morgan fingerprint density at radius 2 is 1.44 bits per heavy atom. The van der Waals surface area contributed by atoms with E-state index in [1.54, 1.807) is 30.3 Å². The van der Waals surface area contributed by atoms with Gasteiger partial charge in [0.05, 0.1) is 12.5 Å². The highest BCUT2D eigenvalue weighted by molar-refractivity contribution is 7.98. The van der Waals surface area contributed by atoms with Crippen molar-refractivity contribution in [3.05, 3.63) is 35.9 Å². The van der Waals surface area contributed by atoms with Crippen molar-refractivity contribution in [3.63, 3.8) is 0 Å². The summed E-state index contributed by atoms with van der Waals surface area (Å²) in [5.74, 6) is -4.03. The number of carbonyl (C=O) groups excluding carboxylic acids is 3. The van der Waals surface area contributed by atoms with E-state index in [0.717, 1.165) is 5.56 Å². The lowest BCUT2D eigenvalue weighted by atomic mass is 10.0. The molecule has 0 bridgehead atoms. The van der Waals surface area contributed by atoms with E-state index in [9.17, 15) is 29.1 Å². The van der Waals surface area contributed by atoms with Crippen molar-refractivity contribution in [2.75, 3.05) is 12.0 Å². The highest BCUT2D eigenvalue weighted by Gasteiger charge is 2.31. The van der Waals surface area contributed by atoms with Gasteiger partial charge in [-0.15, -0.1) is 0 Å². The van der Waals surface area contributed by atoms with Gasteiger partial charge in [0.2, 0.25) is 17.7 Å². The Balaban J connectivity index is 3.08. The number of hydrogen-bond acceptors (Lipinski definition) is 7. The van der Waals surface area contributed by atoms with Gasteiger partial charge in [0.25, 0.3) is 0 Å². The Labute approximate surface area is 215 Å². The van der Waals surface area contributed by atoms with Gasteiger partial charge in [-0.3, -0.25) is 19.2 Å². The molecular formula is C24H36N4O7S. The van der Waals surface area contributed by atoms with Crippen molar-refractivity contribution in [1.29, 1.82) is 0 Å². The van der Waals surface area contributed by atoms with Gasteiger partial charge < -0.3 is 31.9 Å². The van der Waals surface area contributed by atoms with E-state index in [-0.39, 0.29) is 25.2 Å². The first kappa shape index (κ1) is 30.9. The maximum atomic E-state index is 13.2. The average Bonchev–Trinajstić information content (AvgIpc) is 2.80. The molecule has 3 amide bonds. The maximum absolute atomic E-state index is 13.2. The third kappa shape index (κ3) is 11.5. The number of rotatable bonds is 16. The normalized spacial score (nSPS) is 14.2. The summed E-state index contributed by atoms with van der Waals surface area (Å²) < 4.78 is 0. The zero-order valence-electron chi connectivity index (χ0n) is 20.7. The topological polar surface area (TPSA) is 188 Å². The first-order valence-corrected chi connectivity index (χ1v) is 13.0. The third-order valence-electron chi connectivity index (χ3n) is 5.21. The largest absolute Gasteiger partial charge is 0.481 e. The van der Waals surface area contributed by atoms with E-state index in [2.05, 4.69) is 16.0 Å². The molecule has 7 N–H and O–H groups in total. The van der Waals surface area contributed by atoms with Crippen molar-refractivity contribution in [1.82, 2.24) is 16.0 Å². The first-order valence-electron chi connectivity index (χ1n) is 11.6. The van der Waals surface area contributed by atoms with Gasteiger partial charge in [-0.1, -0.05) is 44.2 Å². The van der Waals surface area contributed by atoms with Crippen molar-refractivity contribution >= 4 is 41.4 Å². The van der Waals surface area contributed by atoms with Gasteiger partial charge in [-0.25, -0.2) is 4.79 Å². The SMILES string of the molecule is CSCCC(NC(=O)C(Cc1ccccc1)NC(=O)C(N)CC(=O)O)C(=O)NC(CC(C)C)C(=O)O. The molecule has 0 radical (unpaired) electrons. The molecule has 0 aliphatic heterocycles. The summed E-state index contributed by atoms with van der Waals surface area (Å²) in [6.45, 7) is 3.67. The lowest BCUT2D eigenvalue weighted by Gasteiger charge is -2.25. The molecule has 0 fully saturated rings. The summed E-state index contributed by atoms with van der Waals surface area (Å²) in [6, 6.07) is 4.16. The lowest BCUT2D eigenvalue weighted by molar-refractivity contribution is -0.142. The Morgan fingerprint density at radius 3 is 1.97 bits per heavy atom. The fraction of sp³-hybridized carbons (Fsp3) is 0.542.